The lowest BCUT2D eigenvalue weighted by Crippen LogP contribution is -2.19. The fourth-order valence-electron chi connectivity index (χ4n) is 2.38. The number of nitrogens with one attached hydrogen (secondary N) is 1. The number of amides is 1. The first kappa shape index (κ1) is 21.7. The molecule has 0 aromatic heterocycles. The predicted octanol–water partition coefficient (Wildman–Crippen LogP) is 2.78. The molecule has 1 amide bonds. The summed E-state index contributed by atoms with van der Waals surface area (Å²) in [6.45, 7) is 0.213. The number of ether oxygens (including phenoxy) is 2. The maximum absolute atomic E-state index is 11.8. The number of benzene rings is 2. The van der Waals surface area contributed by atoms with Crippen molar-refractivity contribution in [2.24, 2.45) is 10.2 Å². The number of nitro benzene ring substituents is 1. The first-order chi connectivity index (χ1) is 15.0. The number of thioether (sulfide) groups is 1. The number of carbonyl (C=O) groups is 2. The highest BCUT2D eigenvalue weighted by molar-refractivity contribution is 8.18. The van der Waals surface area contributed by atoms with E-state index in [2.05, 4.69) is 20.3 Å². The highest BCUT2D eigenvalue weighted by Gasteiger charge is 2.25. The van der Waals surface area contributed by atoms with Crippen molar-refractivity contribution in [3.63, 3.8) is 0 Å². The number of nitrogens with zero attached hydrogens (tertiary/aromatic N) is 3. The molecule has 11 heteroatoms. The summed E-state index contributed by atoms with van der Waals surface area (Å²) >= 11 is 0.969. The second-order valence-electron chi connectivity index (χ2n) is 5.99. The minimum atomic E-state index is -0.638. The first-order valence-electron chi connectivity index (χ1n) is 8.81. The van der Waals surface area contributed by atoms with Crippen molar-refractivity contribution in [1.29, 1.82) is 0 Å². The van der Waals surface area contributed by atoms with Crippen LogP contribution < -0.4 is 10.1 Å². The van der Waals surface area contributed by atoms with Gasteiger partial charge in [-0.15, -0.1) is 5.10 Å². The summed E-state index contributed by atoms with van der Waals surface area (Å²) < 4.78 is 10.3. The molecule has 0 unspecified atom stereocenters. The number of non-ortho nitro benzene ring substituents is 1. The van der Waals surface area contributed by atoms with E-state index in [1.807, 2.05) is 0 Å². The highest BCUT2D eigenvalue weighted by atomic mass is 32.2. The average Bonchev–Trinajstić information content (AvgIpc) is 3.12. The molecule has 1 fully saturated rings. The summed E-state index contributed by atoms with van der Waals surface area (Å²) in [6.07, 6.45) is 2.54. The molecule has 2 aromatic rings. The lowest BCUT2D eigenvalue weighted by atomic mass is 10.2. The third-order valence-electron chi connectivity index (χ3n) is 3.91. The molecule has 1 N–H and O–H groups in total. The van der Waals surface area contributed by atoms with Gasteiger partial charge in [0.15, 0.2) is 5.17 Å². The Labute approximate surface area is 180 Å². The van der Waals surface area contributed by atoms with Gasteiger partial charge >= 0.3 is 5.97 Å². The summed E-state index contributed by atoms with van der Waals surface area (Å²) in [6, 6.07) is 13.2. The van der Waals surface area contributed by atoms with Gasteiger partial charge in [-0.25, -0.2) is 4.79 Å². The van der Waals surface area contributed by atoms with Crippen molar-refractivity contribution in [3.05, 3.63) is 80.8 Å². The van der Waals surface area contributed by atoms with Crippen LogP contribution in [0.5, 0.6) is 5.75 Å². The average molecular weight is 440 g/mol. The molecule has 3 rings (SSSR count). The number of carbonyl (C=O) groups excluding carboxylic acids is 2. The Kier molecular flexibility index (Phi) is 7.12. The van der Waals surface area contributed by atoms with Gasteiger partial charge in [0, 0.05) is 23.8 Å². The van der Waals surface area contributed by atoms with Crippen LogP contribution >= 0.6 is 11.8 Å². The molecule has 0 spiro atoms. The van der Waals surface area contributed by atoms with Gasteiger partial charge in [0.25, 0.3) is 11.6 Å². The van der Waals surface area contributed by atoms with E-state index >= 15 is 0 Å². The number of hydrogen-bond acceptors (Lipinski definition) is 9. The van der Waals surface area contributed by atoms with E-state index < -0.39 is 16.8 Å². The molecule has 31 heavy (non-hydrogen) atoms. The SMILES string of the molecule is COC(=O)/C=C1/S/C(=N\N=Cc2ccccc2OCc2ccc([N+](=O)[O-])cc2)NC1=O. The number of hydrogen-bond donors (Lipinski definition) is 1. The molecule has 10 nitrogen and oxygen atoms in total. The van der Waals surface area contributed by atoms with E-state index in [1.165, 1.54) is 25.5 Å². The van der Waals surface area contributed by atoms with E-state index in [1.54, 1.807) is 36.4 Å². The summed E-state index contributed by atoms with van der Waals surface area (Å²) in [4.78, 5) is 33.5. The van der Waals surface area contributed by atoms with Crippen LogP contribution in [-0.4, -0.2) is 35.3 Å². The molecular weight excluding hydrogens is 424 g/mol. The molecule has 1 aliphatic rings. The summed E-state index contributed by atoms with van der Waals surface area (Å²) in [7, 11) is 1.22. The third-order valence-corrected chi connectivity index (χ3v) is 4.81. The van der Waals surface area contributed by atoms with E-state index in [9.17, 15) is 19.7 Å². The Hall–Kier alpha value is -3.99. The van der Waals surface area contributed by atoms with Gasteiger partial charge in [-0.1, -0.05) is 12.1 Å². The molecule has 2 aromatic carbocycles. The smallest absolute Gasteiger partial charge is 0.331 e. The number of para-hydroxylation sites is 1. The van der Waals surface area contributed by atoms with Gasteiger partial charge < -0.3 is 9.47 Å². The van der Waals surface area contributed by atoms with Gasteiger partial charge in [0.2, 0.25) is 0 Å². The van der Waals surface area contributed by atoms with Crippen LogP contribution in [0.25, 0.3) is 0 Å². The van der Waals surface area contributed by atoms with Crippen molar-refractivity contribution >= 4 is 40.7 Å². The number of amidine groups is 1. The van der Waals surface area contributed by atoms with E-state index in [0.717, 1.165) is 23.4 Å². The molecule has 1 heterocycles. The Balaban J connectivity index is 1.65. The van der Waals surface area contributed by atoms with Crippen LogP contribution in [0.2, 0.25) is 0 Å². The van der Waals surface area contributed by atoms with Crippen molar-refractivity contribution in [2.75, 3.05) is 7.11 Å². The number of esters is 1. The monoisotopic (exact) mass is 440 g/mol. The Bertz CT molecular complexity index is 1100. The fourth-order valence-corrected chi connectivity index (χ4v) is 3.12. The van der Waals surface area contributed by atoms with Crippen LogP contribution in [0.4, 0.5) is 5.69 Å². The summed E-state index contributed by atoms with van der Waals surface area (Å²) in [5.41, 5.74) is 1.43. The fraction of sp³-hybridized carbons (Fsp3) is 0.100. The summed E-state index contributed by atoms with van der Waals surface area (Å²) in [5.74, 6) is -0.558. The molecule has 0 saturated carbocycles. The van der Waals surface area contributed by atoms with Gasteiger partial charge in [0.1, 0.15) is 12.4 Å². The van der Waals surface area contributed by atoms with E-state index in [-0.39, 0.29) is 22.4 Å². The molecule has 1 saturated heterocycles. The highest BCUT2D eigenvalue weighted by Crippen LogP contribution is 2.24. The number of rotatable bonds is 7. The van der Waals surface area contributed by atoms with Gasteiger partial charge in [0.05, 0.1) is 23.2 Å². The van der Waals surface area contributed by atoms with Crippen LogP contribution in [-0.2, 0) is 20.9 Å². The number of methoxy groups -OCH3 is 1. The van der Waals surface area contributed by atoms with E-state index in [0.29, 0.717) is 11.3 Å². The topological polar surface area (TPSA) is 132 Å². The second kappa shape index (κ2) is 10.2. The lowest BCUT2D eigenvalue weighted by Gasteiger charge is -2.08. The third kappa shape index (κ3) is 6.00. The standard InChI is InChI=1S/C20H16N4O6S/c1-29-18(25)10-17-19(26)22-20(31-17)23-21-11-14-4-2-3-5-16(14)30-12-13-6-8-15(9-7-13)24(27)28/h2-11H,12H2,1H3,(H,22,23,26)/b17-10+,21-11?. The maximum atomic E-state index is 11.8. The zero-order chi connectivity index (χ0) is 22.2. The molecule has 0 radical (unpaired) electrons. The first-order valence-corrected chi connectivity index (χ1v) is 9.63. The van der Waals surface area contributed by atoms with Crippen molar-refractivity contribution in [2.45, 2.75) is 6.61 Å². The predicted molar refractivity (Wildman–Crippen MR) is 115 cm³/mol. The maximum Gasteiger partial charge on any atom is 0.331 e. The zero-order valence-corrected chi connectivity index (χ0v) is 17.0. The van der Waals surface area contributed by atoms with E-state index in [4.69, 9.17) is 4.74 Å². The Morgan fingerprint density at radius 2 is 1.97 bits per heavy atom. The Morgan fingerprint density at radius 3 is 2.68 bits per heavy atom. The minimum Gasteiger partial charge on any atom is -0.488 e. The quantitative estimate of drug-likeness (QED) is 0.230. The van der Waals surface area contributed by atoms with Gasteiger partial charge in [-0.2, -0.15) is 5.10 Å². The van der Waals surface area contributed by atoms with Crippen LogP contribution in [0.3, 0.4) is 0 Å². The van der Waals surface area contributed by atoms with Crippen LogP contribution in [0, 0.1) is 10.1 Å². The van der Waals surface area contributed by atoms with Crippen molar-refractivity contribution in [3.8, 4) is 5.75 Å². The number of nitro groups is 1. The Morgan fingerprint density at radius 1 is 1.23 bits per heavy atom. The molecule has 0 bridgehead atoms. The molecule has 158 valence electrons. The van der Waals surface area contributed by atoms with Crippen LogP contribution in [0.1, 0.15) is 11.1 Å². The van der Waals surface area contributed by atoms with Crippen molar-refractivity contribution in [1.82, 2.24) is 5.32 Å². The zero-order valence-electron chi connectivity index (χ0n) is 16.2. The summed E-state index contributed by atoms with van der Waals surface area (Å²) in [5, 5.41) is 21.4. The molecule has 1 aliphatic heterocycles. The van der Waals surface area contributed by atoms with Gasteiger partial charge in [-0.05, 0) is 41.6 Å². The van der Waals surface area contributed by atoms with Gasteiger partial charge in [-0.3, -0.25) is 20.2 Å². The normalized spacial score (nSPS) is 16.0. The molecular formula is C20H16N4O6S. The van der Waals surface area contributed by atoms with Crippen LogP contribution in [0.15, 0.2) is 69.7 Å². The van der Waals surface area contributed by atoms with Crippen molar-refractivity contribution < 1.29 is 24.0 Å². The minimum absolute atomic E-state index is 0.0110. The lowest BCUT2D eigenvalue weighted by molar-refractivity contribution is -0.384. The largest absolute Gasteiger partial charge is 0.488 e. The molecule has 0 atom stereocenters. The molecule has 0 aliphatic carbocycles. The second-order valence-corrected chi connectivity index (χ2v) is 7.02.